The summed E-state index contributed by atoms with van der Waals surface area (Å²) in [6, 6.07) is 22.0. The molecule has 1 heterocycles. The van der Waals surface area contributed by atoms with E-state index in [2.05, 4.69) is 66.6 Å². The van der Waals surface area contributed by atoms with Crippen LogP contribution in [0.5, 0.6) is 5.75 Å². The SMILES string of the molecule is O=C1S/C(=C/c2cc(Br)c(OCc3ccc(I)cc3)c(Br)c2)C(=O)N1CCCc1ccccc1. The van der Waals surface area contributed by atoms with E-state index in [1.807, 2.05) is 54.6 Å². The molecule has 1 aliphatic rings. The summed E-state index contributed by atoms with van der Waals surface area (Å²) in [4.78, 5) is 27.1. The van der Waals surface area contributed by atoms with E-state index in [1.54, 1.807) is 6.08 Å². The zero-order valence-corrected chi connectivity index (χ0v) is 24.1. The Morgan fingerprint density at radius 2 is 1.62 bits per heavy atom. The Morgan fingerprint density at radius 3 is 2.29 bits per heavy atom. The number of amides is 2. The van der Waals surface area contributed by atoms with Crippen LogP contribution in [0, 0.1) is 3.57 Å². The number of carbonyl (C=O) groups is 2. The molecule has 8 heteroatoms. The van der Waals surface area contributed by atoms with E-state index >= 15 is 0 Å². The first-order chi connectivity index (χ1) is 16.4. The van der Waals surface area contributed by atoms with E-state index in [9.17, 15) is 9.59 Å². The molecular weight excluding hydrogens is 693 g/mol. The highest BCUT2D eigenvalue weighted by Crippen LogP contribution is 2.38. The average molecular weight is 713 g/mol. The topological polar surface area (TPSA) is 46.6 Å². The molecule has 1 aliphatic heterocycles. The highest BCUT2D eigenvalue weighted by atomic mass is 127. The fourth-order valence-electron chi connectivity index (χ4n) is 3.47. The van der Waals surface area contributed by atoms with Gasteiger partial charge in [-0.25, -0.2) is 0 Å². The molecule has 174 valence electrons. The van der Waals surface area contributed by atoms with Crippen molar-refractivity contribution in [1.29, 1.82) is 0 Å². The standard InChI is InChI=1S/C26H20Br2INO3S/c27-21-13-19(14-22(28)24(21)33-16-18-8-10-20(29)11-9-18)15-23-25(31)30(26(32)34-23)12-4-7-17-5-2-1-3-6-17/h1-3,5-6,8-11,13-15H,4,7,12,16H2/b23-15+. The largest absolute Gasteiger partial charge is 0.487 e. The molecule has 34 heavy (non-hydrogen) atoms. The summed E-state index contributed by atoms with van der Waals surface area (Å²) in [6.07, 6.45) is 3.31. The molecule has 0 spiro atoms. The third-order valence-electron chi connectivity index (χ3n) is 5.18. The van der Waals surface area contributed by atoms with Crippen LogP contribution in [0.15, 0.2) is 80.6 Å². The van der Waals surface area contributed by atoms with Crippen molar-refractivity contribution in [3.8, 4) is 5.75 Å². The van der Waals surface area contributed by atoms with Crippen LogP contribution in [0.4, 0.5) is 4.79 Å². The third kappa shape index (κ3) is 6.53. The van der Waals surface area contributed by atoms with Crippen molar-refractivity contribution in [3.63, 3.8) is 0 Å². The number of carbonyl (C=O) groups excluding carboxylic acids is 2. The molecule has 2 amide bonds. The van der Waals surface area contributed by atoms with Gasteiger partial charge in [0.2, 0.25) is 0 Å². The first kappa shape index (κ1) is 25.5. The average Bonchev–Trinajstić information content (AvgIpc) is 3.07. The summed E-state index contributed by atoms with van der Waals surface area (Å²) >= 11 is 10.4. The molecule has 3 aromatic carbocycles. The second kappa shape index (κ2) is 11.9. The van der Waals surface area contributed by atoms with Crippen LogP contribution in [0.2, 0.25) is 0 Å². The van der Waals surface area contributed by atoms with Crippen molar-refractivity contribution in [2.45, 2.75) is 19.4 Å². The van der Waals surface area contributed by atoms with Gasteiger partial charge >= 0.3 is 0 Å². The van der Waals surface area contributed by atoms with E-state index in [-0.39, 0.29) is 11.1 Å². The van der Waals surface area contributed by atoms with E-state index in [0.717, 1.165) is 44.7 Å². The van der Waals surface area contributed by atoms with Crippen LogP contribution >= 0.6 is 66.2 Å². The molecule has 0 N–H and O–H groups in total. The fraction of sp³-hybridized carbons (Fsp3) is 0.154. The quantitative estimate of drug-likeness (QED) is 0.175. The third-order valence-corrected chi connectivity index (χ3v) is 7.98. The van der Waals surface area contributed by atoms with Gasteiger partial charge in [0, 0.05) is 10.1 Å². The van der Waals surface area contributed by atoms with Gasteiger partial charge in [-0.1, -0.05) is 42.5 Å². The summed E-state index contributed by atoms with van der Waals surface area (Å²) < 4.78 is 8.71. The molecule has 3 aromatic rings. The fourth-order valence-corrected chi connectivity index (χ4v) is 6.14. The lowest BCUT2D eigenvalue weighted by Crippen LogP contribution is -2.29. The molecule has 0 unspecified atom stereocenters. The molecule has 0 saturated carbocycles. The van der Waals surface area contributed by atoms with Crippen LogP contribution in [0.1, 0.15) is 23.1 Å². The molecule has 0 radical (unpaired) electrons. The molecule has 1 saturated heterocycles. The summed E-state index contributed by atoms with van der Waals surface area (Å²) in [5, 5.41) is -0.222. The number of aryl methyl sites for hydroxylation is 1. The van der Waals surface area contributed by atoms with E-state index in [0.29, 0.717) is 23.8 Å². The number of hydrogen-bond donors (Lipinski definition) is 0. The number of thioether (sulfide) groups is 1. The molecule has 4 rings (SSSR count). The van der Waals surface area contributed by atoms with Crippen LogP contribution in [0.3, 0.4) is 0 Å². The van der Waals surface area contributed by atoms with Crippen molar-refractivity contribution in [1.82, 2.24) is 4.90 Å². The highest BCUT2D eigenvalue weighted by molar-refractivity contribution is 14.1. The maximum Gasteiger partial charge on any atom is 0.293 e. The van der Waals surface area contributed by atoms with Crippen LogP contribution in [-0.4, -0.2) is 22.6 Å². The van der Waals surface area contributed by atoms with Gasteiger partial charge in [0.25, 0.3) is 11.1 Å². The van der Waals surface area contributed by atoms with Crippen molar-refractivity contribution in [3.05, 3.63) is 101 Å². The normalized spacial score (nSPS) is 14.8. The maximum absolute atomic E-state index is 12.9. The molecule has 0 aromatic heterocycles. The minimum atomic E-state index is -0.241. The van der Waals surface area contributed by atoms with Gasteiger partial charge in [-0.05, 0) is 126 Å². The number of benzene rings is 3. The predicted octanol–water partition coefficient (Wildman–Crippen LogP) is 8.06. The van der Waals surface area contributed by atoms with Gasteiger partial charge in [-0.2, -0.15) is 0 Å². The first-order valence-electron chi connectivity index (χ1n) is 10.6. The second-order valence-corrected chi connectivity index (χ2v) is 11.6. The van der Waals surface area contributed by atoms with Crippen LogP contribution in [-0.2, 0) is 17.8 Å². The maximum atomic E-state index is 12.9. The lowest BCUT2D eigenvalue weighted by Gasteiger charge is -2.12. The Hall–Kier alpha value is -1.62. The summed E-state index contributed by atoms with van der Waals surface area (Å²) in [7, 11) is 0. The minimum absolute atomic E-state index is 0.222. The van der Waals surface area contributed by atoms with Crippen molar-refractivity contribution in [2.75, 3.05) is 6.54 Å². The minimum Gasteiger partial charge on any atom is -0.487 e. The Bertz CT molecular complexity index is 1210. The molecule has 0 atom stereocenters. The monoisotopic (exact) mass is 711 g/mol. The summed E-state index contributed by atoms with van der Waals surface area (Å²) in [6.45, 7) is 0.852. The summed E-state index contributed by atoms with van der Waals surface area (Å²) in [5.74, 6) is 0.444. The lowest BCUT2D eigenvalue weighted by molar-refractivity contribution is -0.122. The van der Waals surface area contributed by atoms with Crippen LogP contribution in [0.25, 0.3) is 6.08 Å². The summed E-state index contributed by atoms with van der Waals surface area (Å²) in [5.41, 5.74) is 3.07. The van der Waals surface area contributed by atoms with Gasteiger partial charge in [-0.15, -0.1) is 0 Å². The predicted molar refractivity (Wildman–Crippen MR) is 153 cm³/mol. The smallest absolute Gasteiger partial charge is 0.293 e. The number of hydrogen-bond acceptors (Lipinski definition) is 4. The number of nitrogens with zero attached hydrogens (tertiary/aromatic N) is 1. The van der Waals surface area contributed by atoms with Gasteiger partial charge < -0.3 is 4.74 Å². The lowest BCUT2D eigenvalue weighted by atomic mass is 10.1. The van der Waals surface area contributed by atoms with Gasteiger partial charge in [0.05, 0.1) is 13.9 Å². The zero-order chi connectivity index (χ0) is 24.1. The molecule has 0 aliphatic carbocycles. The van der Waals surface area contributed by atoms with Crippen molar-refractivity contribution < 1.29 is 14.3 Å². The first-order valence-corrected chi connectivity index (χ1v) is 14.0. The van der Waals surface area contributed by atoms with Gasteiger partial charge in [0.15, 0.2) is 0 Å². The van der Waals surface area contributed by atoms with Crippen molar-refractivity contribution in [2.24, 2.45) is 0 Å². The Labute approximate surface area is 233 Å². The van der Waals surface area contributed by atoms with E-state index in [1.165, 1.54) is 14.0 Å². The highest BCUT2D eigenvalue weighted by Gasteiger charge is 2.34. The van der Waals surface area contributed by atoms with Crippen LogP contribution < -0.4 is 4.74 Å². The Balaban J connectivity index is 1.41. The number of imide groups is 1. The number of rotatable bonds is 8. The molecule has 0 bridgehead atoms. The van der Waals surface area contributed by atoms with Crippen molar-refractivity contribution >= 4 is 83.4 Å². The Morgan fingerprint density at radius 1 is 0.941 bits per heavy atom. The van der Waals surface area contributed by atoms with Gasteiger partial charge in [0.1, 0.15) is 12.4 Å². The second-order valence-electron chi connectivity index (χ2n) is 7.65. The number of ether oxygens (including phenoxy) is 1. The molecule has 1 fully saturated rings. The Kier molecular flexibility index (Phi) is 8.90. The zero-order valence-electron chi connectivity index (χ0n) is 18.0. The van der Waals surface area contributed by atoms with E-state index < -0.39 is 0 Å². The molecule has 4 nitrogen and oxygen atoms in total. The van der Waals surface area contributed by atoms with Gasteiger partial charge in [-0.3, -0.25) is 14.5 Å². The van der Waals surface area contributed by atoms with E-state index in [4.69, 9.17) is 4.74 Å². The molecular formula is C26H20Br2INO3S. The number of halogens is 3.